The first kappa shape index (κ1) is 23.1. The van der Waals surface area contributed by atoms with Crippen molar-refractivity contribution in [2.75, 3.05) is 10.0 Å². The van der Waals surface area contributed by atoms with Gasteiger partial charge in [-0.25, -0.2) is 21.9 Å². The van der Waals surface area contributed by atoms with Crippen molar-refractivity contribution in [3.63, 3.8) is 0 Å². The van der Waals surface area contributed by atoms with Crippen molar-refractivity contribution in [3.8, 4) is 5.69 Å². The largest absolute Gasteiger partial charge is 0.322 e. The normalized spacial score (nSPS) is 11.3. The van der Waals surface area contributed by atoms with E-state index in [9.17, 15) is 22.0 Å². The van der Waals surface area contributed by atoms with E-state index in [2.05, 4.69) is 15.1 Å². The summed E-state index contributed by atoms with van der Waals surface area (Å²) in [5.41, 5.74) is 2.50. The summed E-state index contributed by atoms with van der Waals surface area (Å²) >= 11 is 0. The minimum atomic E-state index is -3.94. The molecule has 1 amide bonds. The number of benzene rings is 3. The molecule has 0 radical (unpaired) electrons. The number of carbonyl (C=O) groups is 1. The van der Waals surface area contributed by atoms with Gasteiger partial charge in [0.1, 0.15) is 11.6 Å². The predicted octanol–water partition coefficient (Wildman–Crippen LogP) is 4.82. The summed E-state index contributed by atoms with van der Waals surface area (Å²) in [4.78, 5) is 12.9. The van der Waals surface area contributed by atoms with Gasteiger partial charge >= 0.3 is 0 Å². The predicted molar refractivity (Wildman–Crippen MR) is 125 cm³/mol. The summed E-state index contributed by atoms with van der Waals surface area (Å²) < 4.78 is 55.6. The maximum atomic E-state index is 13.3. The van der Waals surface area contributed by atoms with Crippen molar-refractivity contribution in [2.24, 2.45) is 0 Å². The van der Waals surface area contributed by atoms with Crippen molar-refractivity contribution in [3.05, 3.63) is 101 Å². The lowest BCUT2D eigenvalue weighted by Gasteiger charge is -2.10. The molecule has 0 saturated carbocycles. The molecule has 4 rings (SSSR count). The lowest BCUT2D eigenvalue weighted by atomic mass is 10.1. The number of carbonyl (C=O) groups excluding carboxylic acids is 1. The zero-order chi connectivity index (χ0) is 24.5. The monoisotopic (exact) mass is 482 g/mol. The van der Waals surface area contributed by atoms with E-state index in [1.807, 2.05) is 0 Å². The summed E-state index contributed by atoms with van der Waals surface area (Å²) in [5.74, 6) is -1.36. The van der Waals surface area contributed by atoms with Crippen molar-refractivity contribution in [1.29, 1.82) is 0 Å². The number of aromatic nitrogens is 2. The van der Waals surface area contributed by atoms with Crippen LogP contribution in [0.15, 0.2) is 77.7 Å². The molecule has 34 heavy (non-hydrogen) atoms. The van der Waals surface area contributed by atoms with Crippen LogP contribution in [-0.2, 0) is 10.0 Å². The quantitative estimate of drug-likeness (QED) is 0.412. The highest BCUT2D eigenvalue weighted by Crippen LogP contribution is 2.22. The molecule has 0 aliphatic carbocycles. The van der Waals surface area contributed by atoms with Gasteiger partial charge in [-0.2, -0.15) is 5.10 Å². The molecule has 0 saturated heterocycles. The summed E-state index contributed by atoms with van der Waals surface area (Å²) in [6.45, 7) is 3.42. The molecule has 4 aromatic rings. The highest BCUT2D eigenvalue weighted by molar-refractivity contribution is 7.92. The molecule has 1 aromatic heterocycles. The van der Waals surface area contributed by atoms with Gasteiger partial charge in [0.25, 0.3) is 15.9 Å². The number of nitrogens with zero attached hydrogens (tertiary/aromatic N) is 2. The van der Waals surface area contributed by atoms with E-state index in [-0.39, 0.29) is 16.4 Å². The van der Waals surface area contributed by atoms with E-state index in [1.165, 1.54) is 54.6 Å². The maximum Gasteiger partial charge on any atom is 0.261 e. The number of aryl methyl sites for hydroxylation is 1. The Balaban J connectivity index is 1.52. The Morgan fingerprint density at radius 3 is 2.21 bits per heavy atom. The van der Waals surface area contributed by atoms with E-state index in [0.29, 0.717) is 28.3 Å². The Labute approximate surface area is 195 Å². The average Bonchev–Trinajstić information content (AvgIpc) is 3.08. The van der Waals surface area contributed by atoms with E-state index in [4.69, 9.17) is 0 Å². The second-order valence-corrected chi connectivity index (χ2v) is 9.21. The van der Waals surface area contributed by atoms with E-state index < -0.39 is 21.7 Å². The molecule has 0 aliphatic heterocycles. The van der Waals surface area contributed by atoms with Gasteiger partial charge in [0, 0.05) is 5.69 Å². The van der Waals surface area contributed by atoms with Gasteiger partial charge in [-0.3, -0.25) is 9.52 Å². The number of halogens is 2. The average molecular weight is 483 g/mol. The van der Waals surface area contributed by atoms with Crippen LogP contribution in [0, 0.1) is 25.5 Å². The molecule has 0 aliphatic rings. The van der Waals surface area contributed by atoms with Crippen molar-refractivity contribution in [1.82, 2.24) is 9.78 Å². The summed E-state index contributed by atoms with van der Waals surface area (Å²) in [7, 11) is -3.94. The van der Waals surface area contributed by atoms with Crippen LogP contribution < -0.4 is 10.0 Å². The van der Waals surface area contributed by atoms with Crippen LogP contribution in [0.4, 0.5) is 20.2 Å². The van der Waals surface area contributed by atoms with Crippen LogP contribution in [0.2, 0.25) is 0 Å². The van der Waals surface area contributed by atoms with Crippen LogP contribution in [0.5, 0.6) is 0 Å². The molecule has 2 N–H and O–H groups in total. The molecule has 0 unspecified atom stereocenters. The van der Waals surface area contributed by atoms with E-state index in [0.717, 1.165) is 6.07 Å². The Morgan fingerprint density at radius 2 is 1.56 bits per heavy atom. The number of hydrogen-bond donors (Lipinski definition) is 2. The maximum absolute atomic E-state index is 13.3. The van der Waals surface area contributed by atoms with Gasteiger partial charge in [0.2, 0.25) is 0 Å². The van der Waals surface area contributed by atoms with Gasteiger partial charge in [-0.15, -0.1) is 0 Å². The number of nitrogens with one attached hydrogen (secondary N) is 2. The van der Waals surface area contributed by atoms with Gasteiger partial charge in [0.15, 0.2) is 0 Å². The number of hydrogen-bond acceptors (Lipinski definition) is 4. The zero-order valence-electron chi connectivity index (χ0n) is 18.2. The topological polar surface area (TPSA) is 93.1 Å². The van der Waals surface area contributed by atoms with Gasteiger partial charge in [-0.05, 0) is 80.6 Å². The molecule has 1 heterocycles. The first-order chi connectivity index (χ1) is 16.1. The standard InChI is InChI=1S/C24H20F2N4O3S/c1-15-23(16(2)30(28-15)21-10-6-17(25)7-11-21)24(31)27-19-8-12-22(13-9-19)34(32,33)29-20-5-3-4-18(26)14-20/h3-14,29H,1-2H3,(H,27,31). The number of anilines is 2. The smallest absolute Gasteiger partial charge is 0.261 e. The second kappa shape index (κ2) is 9.06. The number of sulfonamides is 1. The van der Waals surface area contributed by atoms with E-state index in [1.54, 1.807) is 30.7 Å². The first-order valence-electron chi connectivity index (χ1n) is 10.2. The second-order valence-electron chi connectivity index (χ2n) is 7.53. The summed E-state index contributed by atoms with van der Waals surface area (Å²) in [6.07, 6.45) is 0. The molecular weight excluding hydrogens is 462 g/mol. The van der Waals surface area contributed by atoms with Crippen molar-refractivity contribution in [2.45, 2.75) is 18.7 Å². The molecular formula is C24H20F2N4O3S. The van der Waals surface area contributed by atoms with Crippen LogP contribution >= 0.6 is 0 Å². The van der Waals surface area contributed by atoms with Crippen molar-refractivity contribution >= 4 is 27.3 Å². The van der Waals surface area contributed by atoms with Gasteiger partial charge in [0.05, 0.1) is 33.2 Å². The Morgan fingerprint density at radius 1 is 0.882 bits per heavy atom. The van der Waals surface area contributed by atoms with Crippen molar-refractivity contribution < 1.29 is 22.0 Å². The Kier molecular flexibility index (Phi) is 6.16. The van der Waals surface area contributed by atoms with Crippen LogP contribution in [0.1, 0.15) is 21.7 Å². The van der Waals surface area contributed by atoms with Crippen LogP contribution in [0.3, 0.4) is 0 Å². The molecule has 7 nitrogen and oxygen atoms in total. The molecule has 0 atom stereocenters. The number of amides is 1. The molecule has 10 heteroatoms. The lowest BCUT2D eigenvalue weighted by molar-refractivity contribution is 0.102. The minimum Gasteiger partial charge on any atom is -0.322 e. The molecule has 0 fully saturated rings. The highest BCUT2D eigenvalue weighted by Gasteiger charge is 2.20. The number of rotatable bonds is 6. The third kappa shape index (κ3) is 4.81. The minimum absolute atomic E-state index is 0.0498. The lowest BCUT2D eigenvalue weighted by Crippen LogP contribution is -2.15. The molecule has 174 valence electrons. The Hall–Kier alpha value is -4.05. The van der Waals surface area contributed by atoms with Crippen LogP contribution in [0.25, 0.3) is 5.69 Å². The third-order valence-corrected chi connectivity index (χ3v) is 6.49. The molecule has 3 aromatic carbocycles. The first-order valence-corrected chi connectivity index (χ1v) is 11.6. The fourth-order valence-corrected chi connectivity index (χ4v) is 4.53. The van der Waals surface area contributed by atoms with Gasteiger partial charge in [-0.1, -0.05) is 6.07 Å². The summed E-state index contributed by atoms with van der Waals surface area (Å²) in [5, 5.41) is 7.12. The van der Waals surface area contributed by atoms with Gasteiger partial charge < -0.3 is 5.32 Å². The third-order valence-electron chi connectivity index (χ3n) is 5.09. The van der Waals surface area contributed by atoms with Crippen LogP contribution in [-0.4, -0.2) is 24.1 Å². The van der Waals surface area contributed by atoms with E-state index >= 15 is 0 Å². The highest BCUT2D eigenvalue weighted by atomic mass is 32.2. The molecule has 0 bridgehead atoms. The fourth-order valence-electron chi connectivity index (χ4n) is 3.48. The summed E-state index contributed by atoms with van der Waals surface area (Å²) in [6, 6.07) is 16.4. The molecule has 0 spiro atoms. The Bertz CT molecular complexity index is 1470. The zero-order valence-corrected chi connectivity index (χ0v) is 19.0. The fraction of sp³-hybridized carbons (Fsp3) is 0.0833. The SMILES string of the molecule is Cc1nn(-c2ccc(F)cc2)c(C)c1C(=O)Nc1ccc(S(=O)(=O)Nc2cccc(F)c2)cc1.